The third-order valence-electron chi connectivity index (χ3n) is 1.10. The lowest BCUT2D eigenvalue weighted by Crippen LogP contribution is -2.22. The van der Waals surface area contributed by atoms with E-state index >= 15 is 0 Å². The Morgan fingerprint density at radius 1 is 1.33 bits per heavy atom. The van der Waals surface area contributed by atoms with Crippen molar-refractivity contribution in [1.29, 1.82) is 0 Å². The molecule has 2 nitrogen and oxygen atoms in total. The summed E-state index contributed by atoms with van der Waals surface area (Å²) >= 11 is 3.33. The predicted molar refractivity (Wildman–Crippen MR) is 52.3 cm³/mol. The van der Waals surface area contributed by atoms with E-state index in [0.717, 1.165) is 10.2 Å². The van der Waals surface area contributed by atoms with E-state index in [2.05, 4.69) is 20.9 Å². The van der Waals surface area contributed by atoms with E-state index in [1.807, 2.05) is 26.8 Å². The smallest absolute Gasteiger partial charge is 0.139 e. The van der Waals surface area contributed by atoms with Crippen molar-refractivity contribution in [3.63, 3.8) is 0 Å². The molecule has 1 aromatic rings. The van der Waals surface area contributed by atoms with Crippen molar-refractivity contribution in [1.82, 2.24) is 4.98 Å². The fourth-order valence-corrected chi connectivity index (χ4v) is 1.15. The van der Waals surface area contributed by atoms with Crippen LogP contribution in [-0.2, 0) is 0 Å². The van der Waals surface area contributed by atoms with Gasteiger partial charge >= 0.3 is 0 Å². The summed E-state index contributed by atoms with van der Waals surface area (Å²) in [4.78, 5) is 4.00. The van der Waals surface area contributed by atoms with Crippen LogP contribution in [0.4, 0.5) is 0 Å². The number of rotatable bonds is 1. The van der Waals surface area contributed by atoms with Gasteiger partial charge in [-0.25, -0.2) is 0 Å². The summed E-state index contributed by atoms with van der Waals surface area (Å²) in [6, 6.07) is 1.90. The SMILES string of the molecule is CC(C)(C)Oc1cncc(Br)c1. The summed E-state index contributed by atoms with van der Waals surface area (Å²) in [5, 5.41) is 0. The topological polar surface area (TPSA) is 22.1 Å². The molecule has 0 aromatic carbocycles. The molecule has 3 heteroatoms. The van der Waals surface area contributed by atoms with Gasteiger partial charge in [-0.1, -0.05) is 0 Å². The molecule has 0 N–H and O–H groups in total. The summed E-state index contributed by atoms with van der Waals surface area (Å²) < 4.78 is 6.52. The second-order valence-corrected chi connectivity index (χ2v) is 4.47. The van der Waals surface area contributed by atoms with Crippen molar-refractivity contribution < 1.29 is 4.74 Å². The molecule has 0 saturated carbocycles. The first-order chi connectivity index (χ1) is 5.47. The van der Waals surface area contributed by atoms with E-state index in [-0.39, 0.29) is 5.60 Å². The fourth-order valence-electron chi connectivity index (χ4n) is 0.802. The van der Waals surface area contributed by atoms with E-state index in [1.54, 1.807) is 12.4 Å². The molecular formula is C9H12BrNO. The molecule has 0 radical (unpaired) electrons. The average Bonchev–Trinajstić information content (AvgIpc) is 1.82. The third-order valence-corrected chi connectivity index (χ3v) is 1.54. The van der Waals surface area contributed by atoms with Gasteiger partial charge in [0.25, 0.3) is 0 Å². The van der Waals surface area contributed by atoms with Crippen LogP contribution < -0.4 is 4.74 Å². The number of ether oxygens (including phenoxy) is 1. The number of aromatic nitrogens is 1. The molecule has 0 spiro atoms. The molecule has 0 aliphatic heterocycles. The van der Waals surface area contributed by atoms with E-state index in [4.69, 9.17) is 4.74 Å². The van der Waals surface area contributed by atoms with Gasteiger partial charge in [0.15, 0.2) is 0 Å². The largest absolute Gasteiger partial charge is 0.487 e. The van der Waals surface area contributed by atoms with E-state index in [0.29, 0.717) is 0 Å². The molecule has 0 fully saturated rings. The Balaban J connectivity index is 2.77. The molecule has 0 saturated heterocycles. The molecule has 1 rings (SSSR count). The predicted octanol–water partition coefficient (Wildman–Crippen LogP) is 3.02. The van der Waals surface area contributed by atoms with Gasteiger partial charge in [-0.15, -0.1) is 0 Å². The summed E-state index contributed by atoms with van der Waals surface area (Å²) in [5.41, 5.74) is -0.164. The summed E-state index contributed by atoms with van der Waals surface area (Å²) in [5.74, 6) is 0.789. The van der Waals surface area contributed by atoms with E-state index < -0.39 is 0 Å². The van der Waals surface area contributed by atoms with Crippen molar-refractivity contribution in [2.24, 2.45) is 0 Å². The molecular weight excluding hydrogens is 218 g/mol. The zero-order valence-corrected chi connectivity index (χ0v) is 9.05. The molecule has 0 atom stereocenters. The highest BCUT2D eigenvalue weighted by Gasteiger charge is 2.11. The summed E-state index contributed by atoms with van der Waals surface area (Å²) in [6.45, 7) is 6.02. The van der Waals surface area contributed by atoms with Crippen LogP contribution in [0.15, 0.2) is 22.9 Å². The van der Waals surface area contributed by atoms with E-state index in [1.165, 1.54) is 0 Å². The highest BCUT2D eigenvalue weighted by Crippen LogP contribution is 2.20. The van der Waals surface area contributed by atoms with Gasteiger partial charge in [0.05, 0.1) is 6.20 Å². The number of halogens is 1. The molecule has 0 bridgehead atoms. The highest BCUT2D eigenvalue weighted by molar-refractivity contribution is 9.10. The van der Waals surface area contributed by atoms with Gasteiger partial charge in [-0.2, -0.15) is 0 Å². The molecule has 66 valence electrons. The number of pyridine rings is 1. The van der Waals surface area contributed by atoms with Crippen molar-refractivity contribution in [3.8, 4) is 5.75 Å². The third kappa shape index (κ3) is 3.22. The molecule has 12 heavy (non-hydrogen) atoms. The minimum Gasteiger partial charge on any atom is -0.487 e. The summed E-state index contributed by atoms with van der Waals surface area (Å²) in [6.07, 6.45) is 3.44. The standard InChI is InChI=1S/C9H12BrNO/c1-9(2,3)12-8-4-7(10)5-11-6-8/h4-6H,1-3H3. The van der Waals surface area contributed by atoms with E-state index in [9.17, 15) is 0 Å². The number of nitrogens with zero attached hydrogens (tertiary/aromatic N) is 1. The fraction of sp³-hybridized carbons (Fsp3) is 0.444. The highest BCUT2D eigenvalue weighted by atomic mass is 79.9. The van der Waals surface area contributed by atoms with Crippen LogP contribution in [0.3, 0.4) is 0 Å². The molecule has 1 heterocycles. The van der Waals surface area contributed by atoms with Gasteiger partial charge in [0.1, 0.15) is 11.4 Å². The zero-order chi connectivity index (χ0) is 9.19. The minimum absolute atomic E-state index is 0.164. The Hall–Kier alpha value is -0.570. The maximum atomic E-state index is 5.59. The molecule has 0 aliphatic carbocycles. The molecule has 0 amide bonds. The van der Waals surface area contributed by atoms with Crippen LogP contribution >= 0.6 is 15.9 Å². The number of hydrogen-bond donors (Lipinski definition) is 0. The minimum atomic E-state index is -0.164. The molecule has 1 aromatic heterocycles. The van der Waals surface area contributed by atoms with Crippen LogP contribution in [0.1, 0.15) is 20.8 Å². The Morgan fingerprint density at radius 2 is 2.00 bits per heavy atom. The normalized spacial score (nSPS) is 11.3. The van der Waals surface area contributed by atoms with Crippen LogP contribution in [0.2, 0.25) is 0 Å². The number of hydrogen-bond acceptors (Lipinski definition) is 2. The zero-order valence-electron chi connectivity index (χ0n) is 7.47. The summed E-state index contributed by atoms with van der Waals surface area (Å²) in [7, 11) is 0. The Morgan fingerprint density at radius 3 is 2.50 bits per heavy atom. The first-order valence-corrected chi connectivity index (χ1v) is 4.56. The lowest BCUT2D eigenvalue weighted by molar-refractivity contribution is 0.130. The van der Waals surface area contributed by atoms with Crippen LogP contribution in [-0.4, -0.2) is 10.6 Å². The van der Waals surface area contributed by atoms with Crippen molar-refractivity contribution in [2.45, 2.75) is 26.4 Å². The van der Waals surface area contributed by atoms with Crippen molar-refractivity contribution in [3.05, 3.63) is 22.9 Å². The van der Waals surface area contributed by atoms with Crippen LogP contribution in [0.25, 0.3) is 0 Å². The van der Waals surface area contributed by atoms with Gasteiger partial charge in [0, 0.05) is 10.7 Å². The molecule has 0 aliphatic rings. The van der Waals surface area contributed by atoms with Gasteiger partial charge in [-0.3, -0.25) is 4.98 Å². The van der Waals surface area contributed by atoms with Crippen LogP contribution in [0, 0.1) is 0 Å². The Labute approximate surface area is 81.1 Å². The van der Waals surface area contributed by atoms with Gasteiger partial charge < -0.3 is 4.74 Å². The monoisotopic (exact) mass is 229 g/mol. The molecule has 0 unspecified atom stereocenters. The van der Waals surface area contributed by atoms with Gasteiger partial charge in [-0.05, 0) is 42.8 Å². The van der Waals surface area contributed by atoms with Gasteiger partial charge in [0.2, 0.25) is 0 Å². The van der Waals surface area contributed by atoms with Crippen molar-refractivity contribution >= 4 is 15.9 Å². The first-order valence-electron chi connectivity index (χ1n) is 3.77. The lowest BCUT2D eigenvalue weighted by Gasteiger charge is -2.20. The Bertz CT molecular complexity index is 267. The van der Waals surface area contributed by atoms with Crippen molar-refractivity contribution in [2.75, 3.05) is 0 Å². The Kier molecular flexibility index (Phi) is 2.73. The maximum Gasteiger partial charge on any atom is 0.139 e. The van der Waals surface area contributed by atoms with Crippen LogP contribution in [0.5, 0.6) is 5.75 Å². The lowest BCUT2D eigenvalue weighted by atomic mass is 10.2. The first kappa shape index (κ1) is 9.52. The maximum absolute atomic E-state index is 5.59. The second kappa shape index (κ2) is 3.44. The average molecular weight is 230 g/mol. The quantitative estimate of drug-likeness (QED) is 0.739. The second-order valence-electron chi connectivity index (χ2n) is 3.55.